The van der Waals surface area contributed by atoms with E-state index >= 15 is 0 Å². The fraction of sp³-hybridized carbons (Fsp3) is 0.650. The number of rotatable bonds is 8. The summed E-state index contributed by atoms with van der Waals surface area (Å²) >= 11 is 0. The fourth-order valence-corrected chi connectivity index (χ4v) is 3.05. The van der Waals surface area contributed by atoms with E-state index in [9.17, 15) is 5.11 Å². The summed E-state index contributed by atoms with van der Waals surface area (Å²) in [5, 5.41) is 16.5. The Balaban J connectivity index is 0.00000364. The van der Waals surface area contributed by atoms with E-state index in [1.807, 2.05) is 13.8 Å². The van der Waals surface area contributed by atoms with Crippen molar-refractivity contribution < 1.29 is 14.6 Å². The molecule has 0 aliphatic carbocycles. The van der Waals surface area contributed by atoms with Gasteiger partial charge in [-0.25, -0.2) is 4.99 Å². The van der Waals surface area contributed by atoms with Gasteiger partial charge in [0.25, 0.3) is 0 Å². The minimum absolute atomic E-state index is 0. The second kappa shape index (κ2) is 12.4. The predicted molar refractivity (Wildman–Crippen MR) is 120 cm³/mol. The Morgan fingerprint density at radius 1 is 1.26 bits per heavy atom. The van der Waals surface area contributed by atoms with Gasteiger partial charge in [-0.15, -0.1) is 24.0 Å². The fourth-order valence-electron chi connectivity index (χ4n) is 3.05. The molecular formula is C20H34IN3O3. The van der Waals surface area contributed by atoms with Crippen LogP contribution in [-0.2, 0) is 11.3 Å². The highest BCUT2D eigenvalue weighted by Crippen LogP contribution is 2.29. The standard InChI is InChI=1S/C20H33N3O3.HI/c1-4-21-19(23-14-20(15-24)8-10-25-11-9-20)22-13-17-7-6-16(3)12-18(17)26-5-2;/h6-7,12,24H,4-5,8-11,13-15H2,1-3H3,(H2,21,22,23);1H. The lowest BCUT2D eigenvalue weighted by molar-refractivity contribution is -0.0131. The third-order valence-electron chi connectivity index (χ3n) is 4.79. The van der Waals surface area contributed by atoms with Crippen molar-refractivity contribution in [2.75, 3.05) is 39.5 Å². The number of halogens is 1. The Hall–Kier alpha value is -1.06. The SMILES string of the molecule is CCNC(=NCc1ccc(C)cc1OCC)NCC1(CO)CCOCC1.I. The van der Waals surface area contributed by atoms with Gasteiger partial charge in [0.05, 0.1) is 19.8 Å². The highest BCUT2D eigenvalue weighted by molar-refractivity contribution is 14.0. The van der Waals surface area contributed by atoms with Gasteiger partial charge in [-0.2, -0.15) is 0 Å². The van der Waals surface area contributed by atoms with Gasteiger partial charge in [0.2, 0.25) is 0 Å². The molecule has 1 fully saturated rings. The maximum atomic E-state index is 9.84. The van der Waals surface area contributed by atoms with E-state index in [2.05, 4.69) is 35.8 Å². The highest BCUT2D eigenvalue weighted by atomic mass is 127. The lowest BCUT2D eigenvalue weighted by atomic mass is 9.81. The first-order valence-electron chi connectivity index (χ1n) is 9.55. The molecule has 1 heterocycles. The van der Waals surface area contributed by atoms with Crippen LogP contribution in [0.15, 0.2) is 23.2 Å². The molecule has 1 aromatic carbocycles. The van der Waals surface area contributed by atoms with Crippen LogP contribution < -0.4 is 15.4 Å². The van der Waals surface area contributed by atoms with E-state index in [1.165, 1.54) is 5.56 Å². The van der Waals surface area contributed by atoms with Crippen molar-refractivity contribution in [2.24, 2.45) is 10.4 Å². The summed E-state index contributed by atoms with van der Waals surface area (Å²) in [6, 6.07) is 6.20. The number of hydrogen-bond donors (Lipinski definition) is 3. The maximum absolute atomic E-state index is 9.84. The highest BCUT2D eigenvalue weighted by Gasteiger charge is 2.32. The van der Waals surface area contributed by atoms with Crippen molar-refractivity contribution in [3.05, 3.63) is 29.3 Å². The van der Waals surface area contributed by atoms with Crippen LogP contribution in [0.2, 0.25) is 0 Å². The zero-order chi connectivity index (χ0) is 18.8. The van der Waals surface area contributed by atoms with Crippen LogP contribution in [0.25, 0.3) is 0 Å². The summed E-state index contributed by atoms with van der Waals surface area (Å²) in [7, 11) is 0. The van der Waals surface area contributed by atoms with Crippen molar-refractivity contribution >= 4 is 29.9 Å². The molecule has 1 aliphatic rings. The molecule has 0 spiro atoms. The van der Waals surface area contributed by atoms with Gasteiger partial charge in [0.1, 0.15) is 5.75 Å². The molecule has 154 valence electrons. The number of aliphatic hydroxyl groups is 1. The quantitative estimate of drug-likeness (QED) is 0.296. The summed E-state index contributed by atoms with van der Waals surface area (Å²) in [4.78, 5) is 4.71. The molecule has 2 rings (SSSR count). The molecule has 1 saturated heterocycles. The van der Waals surface area contributed by atoms with E-state index in [-0.39, 0.29) is 36.0 Å². The average molecular weight is 491 g/mol. The zero-order valence-electron chi connectivity index (χ0n) is 16.7. The smallest absolute Gasteiger partial charge is 0.191 e. The summed E-state index contributed by atoms with van der Waals surface area (Å²) in [6.07, 6.45) is 1.73. The van der Waals surface area contributed by atoms with Gasteiger partial charge in [0, 0.05) is 37.3 Å². The Labute approximate surface area is 180 Å². The zero-order valence-corrected chi connectivity index (χ0v) is 19.0. The molecule has 0 bridgehead atoms. The first-order chi connectivity index (χ1) is 12.6. The van der Waals surface area contributed by atoms with Gasteiger partial charge >= 0.3 is 0 Å². The Morgan fingerprint density at radius 2 is 2.00 bits per heavy atom. The van der Waals surface area contributed by atoms with Crippen LogP contribution >= 0.6 is 24.0 Å². The summed E-state index contributed by atoms with van der Waals surface area (Å²) in [5.41, 5.74) is 2.11. The van der Waals surface area contributed by atoms with Crippen molar-refractivity contribution in [3.8, 4) is 5.75 Å². The molecule has 3 N–H and O–H groups in total. The molecule has 6 nitrogen and oxygen atoms in total. The Bertz CT molecular complexity index is 590. The first kappa shape index (κ1) is 24.0. The summed E-state index contributed by atoms with van der Waals surface area (Å²) in [5.74, 6) is 1.65. The van der Waals surface area contributed by atoms with Gasteiger partial charge in [-0.1, -0.05) is 12.1 Å². The van der Waals surface area contributed by atoms with Crippen molar-refractivity contribution in [2.45, 2.75) is 40.2 Å². The molecular weight excluding hydrogens is 457 g/mol. The lowest BCUT2D eigenvalue weighted by Gasteiger charge is -2.36. The summed E-state index contributed by atoms with van der Waals surface area (Å²) < 4.78 is 11.2. The summed E-state index contributed by atoms with van der Waals surface area (Å²) in [6.45, 7) is 10.3. The number of nitrogens with zero attached hydrogens (tertiary/aromatic N) is 1. The number of ether oxygens (including phenoxy) is 2. The number of aliphatic imine (C=N–C) groups is 1. The number of nitrogens with one attached hydrogen (secondary N) is 2. The number of guanidine groups is 1. The largest absolute Gasteiger partial charge is 0.494 e. The van der Waals surface area contributed by atoms with E-state index in [4.69, 9.17) is 14.5 Å². The molecule has 0 unspecified atom stereocenters. The van der Waals surface area contributed by atoms with Gasteiger partial charge in [-0.3, -0.25) is 0 Å². The van der Waals surface area contributed by atoms with Gasteiger partial charge in [-0.05, 0) is 45.2 Å². The minimum atomic E-state index is -0.130. The van der Waals surface area contributed by atoms with Crippen LogP contribution in [0.1, 0.15) is 37.8 Å². The third-order valence-corrected chi connectivity index (χ3v) is 4.79. The normalized spacial score (nSPS) is 16.4. The number of hydrogen-bond acceptors (Lipinski definition) is 4. The Kier molecular flexibility index (Phi) is 11.0. The van der Waals surface area contributed by atoms with Gasteiger partial charge in [0.15, 0.2) is 5.96 Å². The van der Waals surface area contributed by atoms with Gasteiger partial charge < -0.3 is 25.2 Å². The van der Waals surface area contributed by atoms with Crippen LogP contribution in [-0.4, -0.2) is 50.6 Å². The molecule has 0 saturated carbocycles. The van der Waals surface area contributed by atoms with Crippen molar-refractivity contribution in [3.63, 3.8) is 0 Å². The van der Waals surface area contributed by atoms with Crippen LogP contribution in [0.4, 0.5) is 0 Å². The van der Waals surface area contributed by atoms with Crippen LogP contribution in [0.5, 0.6) is 5.75 Å². The predicted octanol–water partition coefficient (Wildman–Crippen LogP) is 2.86. The first-order valence-corrected chi connectivity index (χ1v) is 9.55. The van der Waals surface area contributed by atoms with E-state index in [1.54, 1.807) is 0 Å². The van der Waals surface area contributed by atoms with E-state index in [0.29, 0.717) is 32.9 Å². The maximum Gasteiger partial charge on any atom is 0.191 e. The van der Waals surface area contributed by atoms with Crippen molar-refractivity contribution in [1.82, 2.24) is 10.6 Å². The molecule has 1 aromatic rings. The molecule has 0 radical (unpaired) electrons. The number of benzene rings is 1. The molecule has 0 atom stereocenters. The minimum Gasteiger partial charge on any atom is -0.494 e. The number of aryl methyl sites for hydroxylation is 1. The molecule has 7 heteroatoms. The topological polar surface area (TPSA) is 75.1 Å². The molecule has 1 aliphatic heterocycles. The lowest BCUT2D eigenvalue weighted by Crippen LogP contribution is -2.47. The van der Waals surface area contributed by atoms with E-state index in [0.717, 1.165) is 36.7 Å². The number of aliphatic hydroxyl groups excluding tert-OH is 1. The van der Waals surface area contributed by atoms with Crippen LogP contribution in [0, 0.1) is 12.3 Å². The van der Waals surface area contributed by atoms with E-state index < -0.39 is 0 Å². The van der Waals surface area contributed by atoms with Crippen molar-refractivity contribution in [1.29, 1.82) is 0 Å². The third kappa shape index (κ3) is 7.46. The van der Waals surface area contributed by atoms with Crippen LogP contribution in [0.3, 0.4) is 0 Å². The monoisotopic (exact) mass is 491 g/mol. The average Bonchev–Trinajstić information content (AvgIpc) is 2.66. The Morgan fingerprint density at radius 3 is 2.63 bits per heavy atom. The second-order valence-electron chi connectivity index (χ2n) is 6.86. The molecule has 0 amide bonds. The second-order valence-corrected chi connectivity index (χ2v) is 6.86. The molecule has 0 aromatic heterocycles. The molecule has 27 heavy (non-hydrogen) atoms.